The number of rotatable bonds is 3. The Bertz CT molecular complexity index is 398. The van der Waals surface area contributed by atoms with E-state index in [4.69, 9.17) is 21.6 Å². The number of ether oxygens (including phenoxy) is 1. The Kier molecular flexibility index (Phi) is 3.81. The lowest BCUT2D eigenvalue weighted by Gasteiger charge is -2.20. The maximum absolute atomic E-state index is 8.63. The first-order valence-corrected chi connectivity index (χ1v) is 4.90. The van der Waals surface area contributed by atoms with E-state index < -0.39 is 0 Å². The average Bonchev–Trinajstić information content (AvgIpc) is 2.17. The topological polar surface area (TPSA) is 36.3 Å². The van der Waals surface area contributed by atoms with Crippen LogP contribution in [-0.4, -0.2) is 20.7 Å². The molecule has 0 saturated carbocycles. The van der Waals surface area contributed by atoms with Gasteiger partial charge in [-0.15, -0.1) is 0 Å². The van der Waals surface area contributed by atoms with Gasteiger partial charge < -0.3 is 9.64 Å². The molecule has 3 nitrogen and oxygen atoms in total. The van der Waals surface area contributed by atoms with Gasteiger partial charge in [0.15, 0.2) is 0 Å². The summed E-state index contributed by atoms with van der Waals surface area (Å²) in [6.07, 6.45) is 0. The molecule has 0 aliphatic heterocycles. The molecule has 0 N–H and O–H groups in total. The first-order chi connectivity index (χ1) is 7.10. The molecular weight excluding hydrogens is 212 g/mol. The van der Waals surface area contributed by atoms with Crippen molar-refractivity contribution in [2.24, 2.45) is 0 Å². The normalized spacial score (nSPS) is 9.53. The molecule has 0 bridgehead atoms. The van der Waals surface area contributed by atoms with Gasteiger partial charge in [0.25, 0.3) is 0 Å². The van der Waals surface area contributed by atoms with Crippen LogP contribution < -0.4 is 9.64 Å². The molecule has 15 heavy (non-hydrogen) atoms. The van der Waals surface area contributed by atoms with Crippen molar-refractivity contribution in [2.75, 3.05) is 25.6 Å². The van der Waals surface area contributed by atoms with Crippen LogP contribution in [0, 0.1) is 18.3 Å². The van der Waals surface area contributed by atoms with Gasteiger partial charge in [-0.05, 0) is 24.6 Å². The molecule has 0 heterocycles. The molecule has 0 spiro atoms. The SMILES string of the molecule is COc1c(C)cc(Cl)cc1N(C)CC#N. The van der Waals surface area contributed by atoms with Gasteiger partial charge in [0, 0.05) is 12.1 Å². The smallest absolute Gasteiger partial charge is 0.145 e. The molecule has 1 aromatic rings. The van der Waals surface area contributed by atoms with Crippen molar-refractivity contribution in [3.05, 3.63) is 22.7 Å². The van der Waals surface area contributed by atoms with Crippen molar-refractivity contribution in [1.29, 1.82) is 5.26 Å². The summed E-state index contributed by atoms with van der Waals surface area (Å²) in [4.78, 5) is 1.80. The second-order valence-electron chi connectivity index (χ2n) is 3.29. The lowest BCUT2D eigenvalue weighted by molar-refractivity contribution is 0.412. The number of anilines is 1. The molecule has 0 saturated heterocycles. The Morgan fingerprint density at radius 2 is 2.20 bits per heavy atom. The zero-order valence-corrected chi connectivity index (χ0v) is 9.80. The molecule has 0 aliphatic rings. The first kappa shape index (κ1) is 11.7. The number of benzene rings is 1. The quantitative estimate of drug-likeness (QED) is 0.741. The summed E-state index contributed by atoms with van der Waals surface area (Å²) >= 11 is 5.96. The van der Waals surface area contributed by atoms with E-state index in [2.05, 4.69) is 6.07 Å². The van der Waals surface area contributed by atoms with Crippen LogP contribution in [0.15, 0.2) is 12.1 Å². The molecular formula is C11H13ClN2O. The minimum absolute atomic E-state index is 0.302. The van der Waals surface area contributed by atoms with Gasteiger partial charge in [0.2, 0.25) is 0 Å². The van der Waals surface area contributed by atoms with Crippen molar-refractivity contribution in [1.82, 2.24) is 0 Å². The van der Waals surface area contributed by atoms with Crippen LogP contribution in [0.25, 0.3) is 0 Å². The van der Waals surface area contributed by atoms with E-state index in [-0.39, 0.29) is 0 Å². The van der Waals surface area contributed by atoms with E-state index >= 15 is 0 Å². The third-order valence-corrected chi connectivity index (χ3v) is 2.36. The molecule has 80 valence electrons. The highest BCUT2D eigenvalue weighted by Gasteiger charge is 2.11. The Hall–Kier alpha value is -1.40. The molecule has 1 rings (SSSR count). The number of halogens is 1. The average molecular weight is 225 g/mol. The molecule has 0 atom stereocenters. The first-order valence-electron chi connectivity index (χ1n) is 4.52. The fourth-order valence-electron chi connectivity index (χ4n) is 1.45. The number of nitriles is 1. The van der Waals surface area contributed by atoms with Crippen LogP contribution in [0.1, 0.15) is 5.56 Å². The van der Waals surface area contributed by atoms with Crippen LogP contribution in [0.3, 0.4) is 0 Å². The summed E-state index contributed by atoms with van der Waals surface area (Å²) in [6.45, 7) is 2.23. The fourth-order valence-corrected chi connectivity index (χ4v) is 1.72. The molecule has 0 aromatic heterocycles. The lowest BCUT2D eigenvalue weighted by Crippen LogP contribution is -2.18. The molecule has 0 radical (unpaired) electrons. The summed E-state index contributed by atoms with van der Waals surface area (Å²) in [6, 6.07) is 5.72. The van der Waals surface area contributed by atoms with Crippen LogP contribution in [0.4, 0.5) is 5.69 Å². The molecule has 0 fully saturated rings. The third-order valence-electron chi connectivity index (χ3n) is 2.14. The Labute approximate surface area is 94.8 Å². The zero-order chi connectivity index (χ0) is 11.4. The predicted molar refractivity (Wildman–Crippen MR) is 61.6 cm³/mol. The van der Waals surface area contributed by atoms with Crippen LogP contribution in [0.2, 0.25) is 5.02 Å². The zero-order valence-electron chi connectivity index (χ0n) is 9.04. The van der Waals surface area contributed by atoms with E-state index in [9.17, 15) is 0 Å². The van der Waals surface area contributed by atoms with Gasteiger partial charge in [-0.1, -0.05) is 11.6 Å². The van der Waals surface area contributed by atoms with Gasteiger partial charge in [0.1, 0.15) is 12.3 Å². The monoisotopic (exact) mass is 224 g/mol. The highest BCUT2D eigenvalue weighted by atomic mass is 35.5. The lowest BCUT2D eigenvalue weighted by atomic mass is 10.2. The van der Waals surface area contributed by atoms with Gasteiger partial charge >= 0.3 is 0 Å². The summed E-state index contributed by atoms with van der Waals surface area (Å²) in [7, 11) is 3.44. The Morgan fingerprint density at radius 1 is 1.53 bits per heavy atom. The molecule has 0 amide bonds. The summed E-state index contributed by atoms with van der Waals surface area (Å²) in [5.41, 5.74) is 1.80. The predicted octanol–water partition coefficient (Wildman–Crippen LogP) is 2.62. The highest BCUT2D eigenvalue weighted by molar-refractivity contribution is 6.31. The second-order valence-corrected chi connectivity index (χ2v) is 3.73. The molecule has 0 aliphatic carbocycles. The standard InChI is InChI=1S/C11H13ClN2O/c1-8-6-9(12)7-10(11(8)15-3)14(2)5-4-13/h6-7H,5H2,1-3H3. The fraction of sp³-hybridized carbons (Fsp3) is 0.364. The maximum Gasteiger partial charge on any atom is 0.145 e. The Morgan fingerprint density at radius 3 is 2.73 bits per heavy atom. The largest absolute Gasteiger partial charge is 0.494 e. The summed E-state index contributed by atoms with van der Waals surface area (Å²) in [5, 5.41) is 9.28. The second kappa shape index (κ2) is 4.90. The van der Waals surface area contributed by atoms with Crippen molar-refractivity contribution < 1.29 is 4.74 Å². The number of aryl methyl sites for hydroxylation is 1. The minimum atomic E-state index is 0.302. The Balaban J connectivity index is 3.20. The number of hydrogen-bond donors (Lipinski definition) is 0. The summed E-state index contributed by atoms with van der Waals surface area (Å²) < 4.78 is 5.29. The van der Waals surface area contributed by atoms with Crippen molar-refractivity contribution in [2.45, 2.75) is 6.92 Å². The van der Waals surface area contributed by atoms with Gasteiger partial charge in [-0.3, -0.25) is 0 Å². The summed E-state index contributed by atoms with van der Waals surface area (Å²) in [5.74, 6) is 0.761. The van der Waals surface area contributed by atoms with Crippen molar-refractivity contribution in [3.8, 4) is 11.8 Å². The van der Waals surface area contributed by atoms with Gasteiger partial charge in [-0.25, -0.2) is 0 Å². The van der Waals surface area contributed by atoms with Crippen molar-refractivity contribution >= 4 is 17.3 Å². The maximum atomic E-state index is 8.63. The van der Waals surface area contributed by atoms with E-state index in [1.807, 2.05) is 20.0 Å². The van der Waals surface area contributed by atoms with E-state index in [1.54, 1.807) is 18.1 Å². The van der Waals surface area contributed by atoms with E-state index in [0.717, 1.165) is 17.0 Å². The third kappa shape index (κ3) is 2.54. The highest BCUT2D eigenvalue weighted by Crippen LogP contribution is 2.34. The minimum Gasteiger partial charge on any atom is -0.494 e. The van der Waals surface area contributed by atoms with Crippen LogP contribution in [0.5, 0.6) is 5.75 Å². The number of nitrogens with zero attached hydrogens (tertiary/aromatic N) is 2. The van der Waals surface area contributed by atoms with Crippen LogP contribution in [-0.2, 0) is 0 Å². The molecule has 1 aromatic carbocycles. The molecule has 0 unspecified atom stereocenters. The van der Waals surface area contributed by atoms with Gasteiger partial charge in [-0.2, -0.15) is 5.26 Å². The van der Waals surface area contributed by atoms with E-state index in [0.29, 0.717) is 11.6 Å². The van der Waals surface area contributed by atoms with E-state index in [1.165, 1.54) is 0 Å². The number of methoxy groups -OCH3 is 1. The van der Waals surface area contributed by atoms with Gasteiger partial charge in [0.05, 0.1) is 18.9 Å². The molecule has 4 heteroatoms. The van der Waals surface area contributed by atoms with Crippen LogP contribution >= 0.6 is 11.6 Å². The number of hydrogen-bond acceptors (Lipinski definition) is 3. The van der Waals surface area contributed by atoms with Crippen molar-refractivity contribution in [3.63, 3.8) is 0 Å².